The second-order valence-corrected chi connectivity index (χ2v) is 7.90. The topological polar surface area (TPSA) is 73.2 Å². The Balaban J connectivity index is 1.89. The average Bonchev–Trinajstić information content (AvgIpc) is 3.09. The van der Waals surface area contributed by atoms with E-state index in [0.29, 0.717) is 5.75 Å². The van der Waals surface area contributed by atoms with Gasteiger partial charge in [0.1, 0.15) is 10.6 Å². The first-order valence-electron chi connectivity index (χ1n) is 8.17. The Bertz CT molecular complexity index is 787. The number of aromatic nitrogens is 2. The van der Waals surface area contributed by atoms with Gasteiger partial charge < -0.3 is 4.74 Å². The SMILES string of the molecule is COc1ccc(C)cc1S(=O)(=O)NC1CCCCC1n1cccn1. The van der Waals surface area contributed by atoms with Crippen LogP contribution < -0.4 is 9.46 Å². The maximum atomic E-state index is 12.9. The van der Waals surface area contributed by atoms with E-state index in [0.717, 1.165) is 31.2 Å². The van der Waals surface area contributed by atoms with Gasteiger partial charge in [0.2, 0.25) is 10.0 Å². The van der Waals surface area contributed by atoms with Crippen LogP contribution in [-0.2, 0) is 10.0 Å². The predicted molar refractivity (Wildman–Crippen MR) is 91.6 cm³/mol. The zero-order valence-electron chi connectivity index (χ0n) is 14.0. The molecular weight excluding hydrogens is 326 g/mol. The fourth-order valence-corrected chi connectivity index (χ4v) is 4.86. The van der Waals surface area contributed by atoms with Gasteiger partial charge in [-0.3, -0.25) is 4.68 Å². The number of methoxy groups -OCH3 is 1. The van der Waals surface area contributed by atoms with E-state index in [9.17, 15) is 8.42 Å². The fraction of sp³-hybridized carbons (Fsp3) is 0.471. The lowest BCUT2D eigenvalue weighted by atomic mass is 9.91. The van der Waals surface area contributed by atoms with Crippen LogP contribution in [0.2, 0.25) is 0 Å². The van der Waals surface area contributed by atoms with Crippen LogP contribution in [0.25, 0.3) is 0 Å². The van der Waals surface area contributed by atoms with Crippen LogP contribution in [0, 0.1) is 6.92 Å². The van der Waals surface area contributed by atoms with E-state index in [1.165, 1.54) is 7.11 Å². The highest BCUT2D eigenvalue weighted by molar-refractivity contribution is 7.89. The lowest BCUT2D eigenvalue weighted by Crippen LogP contribution is -2.43. The molecule has 0 saturated heterocycles. The molecule has 2 unspecified atom stereocenters. The normalized spacial score (nSPS) is 21.6. The lowest BCUT2D eigenvalue weighted by molar-refractivity contribution is 0.270. The number of benzene rings is 1. The first-order valence-corrected chi connectivity index (χ1v) is 9.65. The zero-order valence-corrected chi connectivity index (χ0v) is 14.8. The van der Waals surface area contributed by atoms with Crippen molar-refractivity contribution in [3.8, 4) is 5.75 Å². The molecule has 2 aromatic rings. The molecule has 1 N–H and O–H groups in total. The van der Waals surface area contributed by atoms with Crippen LogP contribution in [0.3, 0.4) is 0 Å². The van der Waals surface area contributed by atoms with Crippen LogP contribution in [0.5, 0.6) is 5.75 Å². The van der Waals surface area contributed by atoms with Gasteiger partial charge in [0.15, 0.2) is 0 Å². The van der Waals surface area contributed by atoms with E-state index in [2.05, 4.69) is 9.82 Å². The molecule has 130 valence electrons. The maximum Gasteiger partial charge on any atom is 0.244 e. The summed E-state index contributed by atoms with van der Waals surface area (Å²) in [6.07, 6.45) is 7.43. The molecule has 1 aromatic carbocycles. The maximum absolute atomic E-state index is 12.9. The number of nitrogens with zero attached hydrogens (tertiary/aromatic N) is 2. The van der Waals surface area contributed by atoms with Crippen LogP contribution in [-0.4, -0.2) is 31.3 Å². The van der Waals surface area contributed by atoms with E-state index < -0.39 is 10.0 Å². The molecule has 0 aliphatic heterocycles. The Morgan fingerprint density at radius 1 is 1.29 bits per heavy atom. The first-order chi connectivity index (χ1) is 11.5. The van der Waals surface area contributed by atoms with Crippen molar-refractivity contribution in [1.29, 1.82) is 0 Å². The highest BCUT2D eigenvalue weighted by Crippen LogP contribution is 2.31. The van der Waals surface area contributed by atoms with Gasteiger partial charge in [-0.05, 0) is 43.5 Å². The third-order valence-electron chi connectivity index (χ3n) is 4.51. The van der Waals surface area contributed by atoms with Crippen molar-refractivity contribution in [2.45, 2.75) is 49.6 Å². The summed E-state index contributed by atoms with van der Waals surface area (Å²) >= 11 is 0. The summed E-state index contributed by atoms with van der Waals surface area (Å²) in [5, 5.41) is 4.30. The number of hydrogen-bond donors (Lipinski definition) is 1. The molecule has 1 aliphatic rings. The van der Waals surface area contributed by atoms with E-state index in [1.807, 2.05) is 29.9 Å². The Morgan fingerprint density at radius 2 is 2.08 bits per heavy atom. The van der Waals surface area contributed by atoms with Crippen LogP contribution in [0.4, 0.5) is 0 Å². The largest absolute Gasteiger partial charge is 0.495 e. The second-order valence-electron chi connectivity index (χ2n) is 6.22. The third kappa shape index (κ3) is 3.47. The number of sulfonamides is 1. The second kappa shape index (κ2) is 6.94. The van der Waals surface area contributed by atoms with E-state index >= 15 is 0 Å². The standard InChI is InChI=1S/C17H23N3O3S/c1-13-8-9-16(23-2)17(12-13)24(21,22)19-14-6-3-4-7-15(14)20-11-5-10-18-20/h5,8-12,14-15,19H,3-4,6-7H2,1-2H3. The monoisotopic (exact) mass is 349 g/mol. The minimum atomic E-state index is -3.67. The quantitative estimate of drug-likeness (QED) is 0.901. The fourth-order valence-electron chi connectivity index (χ4n) is 3.30. The molecule has 0 radical (unpaired) electrons. The molecule has 3 rings (SSSR count). The van der Waals surface area contributed by atoms with Gasteiger partial charge in [0.05, 0.1) is 13.2 Å². The summed E-state index contributed by atoms with van der Waals surface area (Å²) < 4.78 is 35.8. The van der Waals surface area contributed by atoms with Crippen LogP contribution in [0.1, 0.15) is 37.3 Å². The highest BCUT2D eigenvalue weighted by Gasteiger charge is 2.32. The predicted octanol–water partition coefficient (Wildman–Crippen LogP) is 2.66. The molecule has 6 nitrogen and oxygen atoms in total. The Morgan fingerprint density at radius 3 is 2.79 bits per heavy atom. The third-order valence-corrected chi connectivity index (χ3v) is 6.02. The number of aryl methyl sites for hydroxylation is 1. The van der Waals surface area contributed by atoms with E-state index in [4.69, 9.17) is 4.74 Å². The van der Waals surface area contributed by atoms with Crippen molar-refractivity contribution in [3.05, 3.63) is 42.2 Å². The molecule has 7 heteroatoms. The molecule has 0 amide bonds. The number of rotatable bonds is 5. The molecule has 0 bridgehead atoms. The zero-order chi connectivity index (χ0) is 17.2. The number of ether oxygens (including phenoxy) is 1. The molecule has 1 aliphatic carbocycles. The molecule has 0 spiro atoms. The molecule has 24 heavy (non-hydrogen) atoms. The van der Waals surface area contributed by atoms with Crippen LogP contribution >= 0.6 is 0 Å². The summed E-state index contributed by atoms with van der Waals surface area (Å²) in [5.41, 5.74) is 0.878. The molecule has 1 heterocycles. The minimum Gasteiger partial charge on any atom is -0.495 e. The molecular formula is C17H23N3O3S. The average molecular weight is 349 g/mol. The number of nitrogens with one attached hydrogen (secondary N) is 1. The molecule has 1 aromatic heterocycles. The number of hydrogen-bond acceptors (Lipinski definition) is 4. The van der Waals surface area contributed by atoms with Crippen molar-refractivity contribution in [1.82, 2.24) is 14.5 Å². The van der Waals surface area contributed by atoms with Gasteiger partial charge in [-0.1, -0.05) is 18.9 Å². The van der Waals surface area contributed by atoms with Gasteiger partial charge in [-0.15, -0.1) is 0 Å². The minimum absolute atomic E-state index is 0.0410. The van der Waals surface area contributed by atoms with Crippen LogP contribution in [0.15, 0.2) is 41.6 Å². The van der Waals surface area contributed by atoms with Crippen molar-refractivity contribution < 1.29 is 13.2 Å². The van der Waals surface area contributed by atoms with Gasteiger partial charge in [-0.2, -0.15) is 5.10 Å². The summed E-state index contributed by atoms with van der Waals surface area (Å²) in [7, 11) is -2.18. The Labute approximate surface area is 142 Å². The van der Waals surface area contributed by atoms with Crippen molar-refractivity contribution in [2.75, 3.05) is 7.11 Å². The Kier molecular flexibility index (Phi) is 4.91. The summed E-state index contributed by atoms with van der Waals surface area (Å²) in [5.74, 6) is 0.361. The summed E-state index contributed by atoms with van der Waals surface area (Å²) in [6.45, 7) is 1.87. The molecule has 1 saturated carbocycles. The van der Waals surface area contributed by atoms with Crippen molar-refractivity contribution in [2.24, 2.45) is 0 Å². The highest BCUT2D eigenvalue weighted by atomic mass is 32.2. The van der Waals surface area contributed by atoms with E-state index in [-0.39, 0.29) is 17.0 Å². The van der Waals surface area contributed by atoms with Gasteiger partial charge >= 0.3 is 0 Å². The lowest BCUT2D eigenvalue weighted by Gasteiger charge is -2.32. The van der Waals surface area contributed by atoms with Gasteiger partial charge in [0.25, 0.3) is 0 Å². The van der Waals surface area contributed by atoms with Gasteiger partial charge in [0, 0.05) is 18.4 Å². The molecule has 1 fully saturated rings. The summed E-state index contributed by atoms with van der Waals surface area (Å²) in [6, 6.07) is 6.91. The first kappa shape index (κ1) is 17.0. The van der Waals surface area contributed by atoms with E-state index in [1.54, 1.807) is 18.3 Å². The van der Waals surface area contributed by atoms with Crippen molar-refractivity contribution >= 4 is 10.0 Å². The molecule has 2 atom stereocenters. The summed E-state index contributed by atoms with van der Waals surface area (Å²) in [4.78, 5) is 0.190. The Hall–Kier alpha value is -1.86. The smallest absolute Gasteiger partial charge is 0.244 e. The van der Waals surface area contributed by atoms with Gasteiger partial charge in [-0.25, -0.2) is 13.1 Å². The van der Waals surface area contributed by atoms with Crippen molar-refractivity contribution in [3.63, 3.8) is 0 Å².